The van der Waals surface area contributed by atoms with E-state index in [-0.39, 0.29) is 23.0 Å². The van der Waals surface area contributed by atoms with Gasteiger partial charge in [-0.25, -0.2) is 4.98 Å². The van der Waals surface area contributed by atoms with Crippen molar-refractivity contribution in [2.24, 2.45) is 5.92 Å². The minimum atomic E-state index is -4.44. The van der Waals surface area contributed by atoms with Crippen LogP contribution in [0, 0.1) is 5.92 Å². The van der Waals surface area contributed by atoms with Crippen LogP contribution in [0.5, 0.6) is 0 Å². The van der Waals surface area contributed by atoms with Gasteiger partial charge in [-0.15, -0.1) is 0 Å². The van der Waals surface area contributed by atoms with Gasteiger partial charge in [0.15, 0.2) is 0 Å². The third-order valence-corrected chi connectivity index (χ3v) is 3.69. The zero-order chi connectivity index (χ0) is 20.0. The number of aromatic nitrogens is 1. The van der Waals surface area contributed by atoms with E-state index in [0.29, 0.717) is 12.5 Å². The lowest BCUT2D eigenvalue weighted by atomic mass is 10.1. The minimum absolute atomic E-state index is 0.00796. The Morgan fingerprint density at radius 2 is 1.59 bits per heavy atom. The summed E-state index contributed by atoms with van der Waals surface area (Å²) < 4.78 is 37.7. The van der Waals surface area contributed by atoms with Gasteiger partial charge in [-0.2, -0.15) is 13.2 Å². The molecule has 0 bridgehead atoms. The van der Waals surface area contributed by atoms with Crippen LogP contribution >= 0.6 is 0 Å². The number of amides is 2. The topological polar surface area (TPSA) is 71.1 Å². The van der Waals surface area contributed by atoms with Gasteiger partial charge < -0.3 is 10.6 Å². The Morgan fingerprint density at radius 3 is 2.15 bits per heavy atom. The van der Waals surface area contributed by atoms with Gasteiger partial charge in [0.25, 0.3) is 11.8 Å². The van der Waals surface area contributed by atoms with Crippen LogP contribution in [0.15, 0.2) is 42.5 Å². The first-order valence-electron chi connectivity index (χ1n) is 8.40. The van der Waals surface area contributed by atoms with E-state index >= 15 is 0 Å². The van der Waals surface area contributed by atoms with Crippen molar-refractivity contribution in [1.82, 2.24) is 10.3 Å². The van der Waals surface area contributed by atoms with Gasteiger partial charge in [-0.3, -0.25) is 9.59 Å². The molecule has 0 saturated carbocycles. The second-order valence-electron chi connectivity index (χ2n) is 6.38. The zero-order valence-electron chi connectivity index (χ0n) is 14.9. The maximum absolute atomic E-state index is 12.6. The van der Waals surface area contributed by atoms with Gasteiger partial charge in [-0.1, -0.05) is 19.9 Å². The van der Waals surface area contributed by atoms with E-state index in [9.17, 15) is 22.8 Å². The first-order chi connectivity index (χ1) is 12.7. The second-order valence-corrected chi connectivity index (χ2v) is 6.38. The van der Waals surface area contributed by atoms with E-state index in [1.54, 1.807) is 0 Å². The summed E-state index contributed by atoms with van der Waals surface area (Å²) >= 11 is 0. The summed E-state index contributed by atoms with van der Waals surface area (Å²) in [7, 11) is 0. The Hall–Kier alpha value is -2.90. The summed E-state index contributed by atoms with van der Waals surface area (Å²) in [5.41, 5.74) is -0.523. The maximum Gasteiger partial charge on any atom is 0.416 e. The highest BCUT2D eigenvalue weighted by Crippen LogP contribution is 2.29. The smallest absolute Gasteiger partial charge is 0.351 e. The van der Waals surface area contributed by atoms with E-state index in [1.165, 1.54) is 18.2 Å². The van der Waals surface area contributed by atoms with Crippen molar-refractivity contribution in [1.29, 1.82) is 0 Å². The number of alkyl halides is 3. The van der Waals surface area contributed by atoms with E-state index in [2.05, 4.69) is 15.6 Å². The molecule has 0 saturated heterocycles. The maximum atomic E-state index is 12.6. The minimum Gasteiger partial charge on any atom is -0.351 e. The Labute approximate surface area is 155 Å². The molecule has 0 radical (unpaired) electrons. The van der Waals surface area contributed by atoms with Gasteiger partial charge in [0, 0.05) is 12.2 Å². The van der Waals surface area contributed by atoms with Crippen LogP contribution in [-0.4, -0.2) is 23.3 Å². The zero-order valence-corrected chi connectivity index (χ0v) is 14.9. The molecule has 0 spiro atoms. The SMILES string of the molecule is CC(C)CCNC(=O)c1cccc(C(=O)Nc2ccc(C(F)(F)F)cc2)n1. The Bertz CT molecular complexity index is 803. The predicted octanol–water partition coefficient (Wildman–Crippen LogP) is 4.13. The highest BCUT2D eigenvalue weighted by atomic mass is 19.4. The molecule has 0 aliphatic carbocycles. The molecule has 1 aromatic carbocycles. The van der Waals surface area contributed by atoms with Crippen molar-refractivity contribution in [3.63, 3.8) is 0 Å². The molecule has 2 amide bonds. The van der Waals surface area contributed by atoms with Crippen LogP contribution in [0.2, 0.25) is 0 Å². The number of halogens is 3. The van der Waals surface area contributed by atoms with E-state index in [0.717, 1.165) is 30.7 Å². The summed E-state index contributed by atoms with van der Waals surface area (Å²) in [6.07, 6.45) is -3.62. The summed E-state index contributed by atoms with van der Waals surface area (Å²) in [4.78, 5) is 28.3. The molecule has 2 aromatic rings. The summed E-state index contributed by atoms with van der Waals surface area (Å²) in [6.45, 7) is 4.58. The van der Waals surface area contributed by atoms with Gasteiger partial charge in [-0.05, 0) is 48.7 Å². The van der Waals surface area contributed by atoms with Crippen molar-refractivity contribution in [3.8, 4) is 0 Å². The Balaban J connectivity index is 2.03. The third-order valence-electron chi connectivity index (χ3n) is 3.69. The number of carbonyl (C=O) groups excluding carboxylic acids is 2. The van der Waals surface area contributed by atoms with Gasteiger partial charge >= 0.3 is 6.18 Å². The van der Waals surface area contributed by atoms with Crippen molar-refractivity contribution in [2.45, 2.75) is 26.4 Å². The van der Waals surface area contributed by atoms with E-state index < -0.39 is 17.6 Å². The fourth-order valence-corrected chi connectivity index (χ4v) is 2.19. The van der Waals surface area contributed by atoms with Crippen LogP contribution in [0.3, 0.4) is 0 Å². The molecule has 2 rings (SSSR count). The summed E-state index contributed by atoms with van der Waals surface area (Å²) in [5.74, 6) is -0.564. The van der Waals surface area contributed by atoms with Crippen molar-refractivity contribution in [2.75, 3.05) is 11.9 Å². The fourth-order valence-electron chi connectivity index (χ4n) is 2.19. The molecular weight excluding hydrogens is 359 g/mol. The van der Waals surface area contributed by atoms with Crippen molar-refractivity contribution >= 4 is 17.5 Å². The highest BCUT2D eigenvalue weighted by molar-refractivity contribution is 6.03. The molecule has 0 unspecified atom stereocenters. The van der Waals surface area contributed by atoms with Gasteiger partial charge in [0.1, 0.15) is 11.4 Å². The molecule has 0 atom stereocenters. The highest BCUT2D eigenvalue weighted by Gasteiger charge is 2.30. The van der Waals surface area contributed by atoms with Crippen LogP contribution < -0.4 is 10.6 Å². The molecule has 144 valence electrons. The number of hydrogen-bond acceptors (Lipinski definition) is 3. The summed E-state index contributed by atoms with van der Waals surface area (Å²) in [6, 6.07) is 8.49. The average molecular weight is 379 g/mol. The Kier molecular flexibility index (Phi) is 6.55. The van der Waals surface area contributed by atoms with E-state index in [1.807, 2.05) is 13.8 Å². The van der Waals surface area contributed by atoms with E-state index in [4.69, 9.17) is 0 Å². The average Bonchev–Trinajstić information content (AvgIpc) is 2.61. The Morgan fingerprint density at radius 1 is 1.00 bits per heavy atom. The number of nitrogens with zero attached hydrogens (tertiary/aromatic N) is 1. The fraction of sp³-hybridized carbons (Fsp3) is 0.316. The summed E-state index contributed by atoms with van der Waals surface area (Å²) in [5, 5.41) is 5.19. The largest absolute Gasteiger partial charge is 0.416 e. The number of nitrogens with one attached hydrogen (secondary N) is 2. The lowest BCUT2D eigenvalue weighted by Crippen LogP contribution is -2.27. The number of carbonyl (C=O) groups is 2. The molecule has 1 heterocycles. The first-order valence-corrected chi connectivity index (χ1v) is 8.40. The molecular formula is C19H20F3N3O2. The lowest BCUT2D eigenvalue weighted by molar-refractivity contribution is -0.137. The number of benzene rings is 1. The van der Waals surface area contributed by atoms with Gasteiger partial charge in [0.2, 0.25) is 0 Å². The lowest BCUT2D eigenvalue weighted by Gasteiger charge is -2.09. The van der Waals surface area contributed by atoms with Crippen molar-refractivity contribution < 1.29 is 22.8 Å². The molecule has 8 heteroatoms. The van der Waals surface area contributed by atoms with Crippen molar-refractivity contribution in [3.05, 3.63) is 59.4 Å². The van der Waals surface area contributed by atoms with Crippen LogP contribution in [0.1, 0.15) is 46.8 Å². The molecule has 0 aliphatic rings. The quantitative estimate of drug-likeness (QED) is 0.793. The monoisotopic (exact) mass is 379 g/mol. The first kappa shape index (κ1) is 20.4. The third kappa shape index (κ3) is 6.09. The standard InChI is InChI=1S/C19H20F3N3O2/c1-12(2)10-11-23-17(26)15-4-3-5-16(25-15)18(27)24-14-8-6-13(7-9-14)19(20,21)22/h3-9,12H,10-11H2,1-2H3,(H,23,26)(H,24,27). The predicted molar refractivity (Wildman–Crippen MR) is 95.4 cm³/mol. The molecule has 1 aromatic heterocycles. The normalized spacial score (nSPS) is 11.3. The van der Waals surface area contributed by atoms with Gasteiger partial charge in [0.05, 0.1) is 5.56 Å². The second kappa shape index (κ2) is 8.66. The van der Waals surface area contributed by atoms with Crippen LogP contribution in [0.4, 0.5) is 18.9 Å². The molecule has 0 aliphatic heterocycles. The number of hydrogen-bond donors (Lipinski definition) is 2. The number of rotatable bonds is 6. The number of pyridine rings is 1. The molecule has 2 N–H and O–H groups in total. The van der Waals surface area contributed by atoms with Crippen LogP contribution in [0.25, 0.3) is 0 Å². The molecule has 0 fully saturated rings. The molecule has 27 heavy (non-hydrogen) atoms. The van der Waals surface area contributed by atoms with Crippen LogP contribution in [-0.2, 0) is 6.18 Å². The molecule has 5 nitrogen and oxygen atoms in total. The number of anilines is 1.